The third-order valence-corrected chi connectivity index (χ3v) is 4.60. The largest absolute Gasteiger partial charge is 0.493 e. The normalized spacial score (nSPS) is 15.1. The Morgan fingerprint density at radius 3 is 2.90 bits per heavy atom. The summed E-state index contributed by atoms with van der Waals surface area (Å²) < 4.78 is 17.4. The summed E-state index contributed by atoms with van der Waals surface area (Å²) in [7, 11) is 0. The number of fused-ring (bicyclic) bond motifs is 1. The Kier molecular flexibility index (Phi) is 6.41. The van der Waals surface area contributed by atoms with Gasteiger partial charge in [-0.15, -0.1) is 10.2 Å². The van der Waals surface area contributed by atoms with Crippen molar-refractivity contribution in [2.75, 3.05) is 18.5 Å². The van der Waals surface area contributed by atoms with Gasteiger partial charge in [-0.1, -0.05) is 30.4 Å². The van der Waals surface area contributed by atoms with E-state index in [-0.39, 0.29) is 12.5 Å². The van der Waals surface area contributed by atoms with Crippen LogP contribution in [0.2, 0.25) is 0 Å². The molecule has 0 radical (unpaired) electrons. The average Bonchev–Trinajstić information content (AvgIpc) is 3.34. The Bertz CT molecular complexity index is 1030. The summed E-state index contributed by atoms with van der Waals surface area (Å²) in [5.41, 5.74) is 1.00. The van der Waals surface area contributed by atoms with Crippen molar-refractivity contribution in [3.05, 3.63) is 66.0 Å². The lowest BCUT2D eigenvalue weighted by Crippen LogP contribution is -2.24. The molecule has 9 heteroatoms. The monoisotopic (exact) mass is 421 g/mol. The summed E-state index contributed by atoms with van der Waals surface area (Å²) in [6, 6.07) is 12.3. The molecular weight excluding hydrogens is 398 g/mol. The van der Waals surface area contributed by atoms with Crippen LogP contribution in [-0.4, -0.2) is 39.7 Å². The Morgan fingerprint density at radius 1 is 1.26 bits per heavy atom. The Balaban J connectivity index is 1.41. The van der Waals surface area contributed by atoms with Crippen LogP contribution in [0, 0.1) is 0 Å². The number of anilines is 1. The van der Waals surface area contributed by atoms with Crippen LogP contribution in [0.5, 0.6) is 17.2 Å². The van der Waals surface area contributed by atoms with Gasteiger partial charge in [-0.05, 0) is 49.2 Å². The first-order chi connectivity index (χ1) is 15.2. The molecule has 1 aromatic heterocycles. The minimum atomic E-state index is -0.520. The van der Waals surface area contributed by atoms with Gasteiger partial charge in [0.2, 0.25) is 5.82 Å². The zero-order chi connectivity index (χ0) is 21.5. The SMILES string of the molecule is CCC=CCCOc1ccc(C(=O)Nc2cccc3c2OC(c2nn[nH]n2)CO3)cc1. The lowest BCUT2D eigenvalue weighted by molar-refractivity contribution is 0.0856. The van der Waals surface area contributed by atoms with E-state index in [0.717, 1.165) is 18.6 Å². The molecule has 3 aromatic rings. The van der Waals surface area contributed by atoms with Crippen LogP contribution in [0.3, 0.4) is 0 Å². The van der Waals surface area contributed by atoms with Crippen molar-refractivity contribution in [3.8, 4) is 17.2 Å². The number of H-pyrrole nitrogens is 1. The summed E-state index contributed by atoms with van der Waals surface area (Å²) in [5.74, 6) is 1.80. The summed E-state index contributed by atoms with van der Waals surface area (Å²) in [6.07, 6.45) is 5.55. The highest BCUT2D eigenvalue weighted by molar-refractivity contribution is 6.05. The van der Waals surface area contributed by atoms with Crippen LogP contribution in [0.15, 0.2) is 54.6 Å². The van der Waals surface area contributed by atoms with Gasteiger partial charge in [0.25, 0.3) is 5.91 Å². The van der Waals surface area contributed by atoms with Gasteiger partial charge in [-0.3, -0.25) is 4.79 Å². The third kappa shape index (κ3) is 5.00. The summed E-state index contributed by atoms with van der Waals surface area (Å²) in [5, 5.41) is 16.7. The number of nitrogens with zero attached hydrogens (tertiary/aromatic N) is 3. The molecule has 0 fully saturated rings. The van der Waals surface area contributed by atoms with Crippen LogP contribution < -0.4 is 19.5 Å². The molecule has 1 atom stereocenters. The molecule has 2 heterocycles. The molecule has 0 saturated heterocycles. The van der Waals surface area contributed by atoms with Gasteiger partial charge in [0, 0.05) is 5.56 Å². The summed E-state index contributed by atoms with van der Waals surface area (Å²) >= 11 is 0. The molecule has 4 rings (SSSR count). The molecule has 31 heavy (non-hydrogen) atoms. The highest BCUT2D eigenvalue weighted by atomic mass is 16.6. The molecule has 2 N–H and O–H groups in total. The fraction of sp³-hybridized carbons (Fsp3) is 0.273. The van der Waals surface area contributed by atoms with Gasteiger partial charge in [0.05, 0.1) is 12.3 Å². The highest BCUT2D eigenvalue weighted by Crippen LogP contribution is 2.41. The van der Waals surface area contributed by atoms with Crippen LogP contribution in [0.25, 0.3) is 0 Å². The van der Waals surface area contributed by atoms with Crippen LogP contribution in [-0.2, 0) is 0 Å². The second-order valence-corrected chi connectivity index (χ2v) is 6.82. The van der Waals surface area contributed by atoms with E-state index < -0.39 is 6.10 Å². The van der Waals surface area contributed by atoms with Crippen LogP contribution in [0.1, 0.15) is 42.1 Å². The van der Waals surface area contributed by atoms with Gasteiger partial charge >= 0.3 is 0 Å². The molecule has 160 valence electrons. The minimum Gasteiger partial charge on any atom is -0.493 e. The number of benzene rings is 2. The van der Waals surface area contributed by atoms with Gasteiger partial charge in [0.15, 0.2) is 17.6 Å². The molecule has 1 amide bonds. The zero-order valence-corrected chi connectivity index (χ0v) is 17.1. The van der Waals surface area contributed by atoms with Gasteiger partial charge in [-0.25, -0.2) is 0 Å². The maximum Gasteiger partial charge on any atom is 0.255 e. The van der Waals surface area contributed by atoms with Crippen molar-refractivity contribution < 1.29 is 19.0 Å². The first-order valence-corrected chi connectivity index (χ1v) is 10.1. The number of aromatic nitrogens is 4. The number of hydrogen-bond acceptors (Lipinski definition) is 7. The lowest BCUT2D eigenvalue weighted by Gasteiger charge is -2.26. The number of allylic oxidation sites excluding steroid dienone is 1. The fourth-order valence-electron chi connectivity index (χ4n) is 3.05. The minimum absolute atomic E-state index is 0.250. The van der Waals surface area contributed by atoms with E-state index in [1.165, 1.54) is 0 Å². The second-order valence-electron chi connectivity index (χ2n) is 6.82. The second kappa shape index (κ2) is 9.75. The number of carbonyl (C=O) groups is 1. The topological polar surface area (TPSA) is 111 Å². The number of aromatic amines is 1. The third-order valence-electron chi connectivity index (χ3n) is 4.60. The van der Waals surface area contributed by atoms with Crippen molar-refractivity contribution in [2.45, 2.75) is 25.9 Å². The highest BCUT2D eigenvalue weighted by Gasteiger charge is 2.28. The van der Waals surface area contributed by atoms with E-state index in [1.807, 2.05) is 0 Å². The molecule has 0 spiro atoms. The number of hydrogen-bond donors (Lipinski definition) is 2. The smallest absolute Gasteiger partial charge is 0.255 e. The van der Waals surface area contributed by atoms with Gasteiger partial charge in [0.1, 0.15) is 12.4 Å². The number of rotatable bonds is 8. The fourth-order valence-corrected chi connectivity index (χ4v) is 3.05. The van der Waals surface area contributed by atoms with Crippen molar-refractivity contribution in [1.82, 2.24) is 20.6 Å². The van der Waals surface area contributed by atoms with Crippen molar-refractivity contribution in [3.63, 3.8) is 0 Å². The molecular formula is C22H23N5O4. The summed E-state index contributed by atoms with van der Waals surface area (Å²) in [4.78, 5) is 12.8. The van der Waals surface area contributed by atoms with E-state index in [0.29, 0.717) is 35.2 Å². The predicted molar refractivity (Wildman–Crippen MR) is 113 cm³/mol. The van der Waals surface area contributed by atoms with E-state index in [1.54, 1.807) is 42.5 Å². The molecule has 0 bridgehead atoms. The van der Waals surface area contributed by atoms with E-state index in [9.17, 15) is 4.79 Å². The van der Waals surface area contributed by atoms with Crippen molar-refractivity contribution >= 4 is 11.6 Å². The zero-order valence-electron chi connectivity index (χ0n) is 17.1. The predicted octanol–water partition coefficient (Wildman–Crippen LogP) is 3.70. The first kappa shape index (κ1) is 20.4. The maximum atomic E-state index is 12.8. The van der Waals surface area contributed by atoms with Crippen molar-refractivity contribution in [2.24, 2.45) is 0 Å². The van der Waals surface area contributed by atoms with Crippen LogP contribution in [0.4, 0.5) is 5.69 Å². The average molecular weight is 421 g/mol. The Labute approximate surface area is 179 Å². The van der Waals surface area contributed by atoms with E-state index >= 15 is 0 Å². The molecule has 1 aliphatic rings. The Morgan fingerprint density at radius 2 is 2.13 bits per heavy atom. The summed E-state index contributed by atoms with van der Waals surface area (Å²) in [6.45, 7) is 2.94. The molecule has 0 aliphatic carbocycles. The standard InChI is InChI=1S/C22H23N5O4/c1-2-3-4-5-13-29-16-11-9-15(10-12-16)22(28)23-17-7-6-8-18-20(17)31-19(14-30-18)21-24-26-27-25-21/h3-4,6-12,19H,2,5,13-14H2,1H3,(H,23,28)(H,24,25,26,27). The van der Waals surface area contributed by atoms with E-state index in [2.05, 4.69) is 45.0 Å². The van der Waals surface area contributed by atoms with Gasteiger partial charge < -0.3 is 19.5 Å². The number of tetrazole rings is 1. The van der Waals surface area contributed by atoms with Crippen molar-refractivity contribution in [1.29, 1.82) is 0 Å². The van der Waals surface area contributed by atoms with E-state index in [4.69, 9.17) is 14.2 Å². The maximum absolute atomic E-state index is 12.8. The number of nitrogens with one attached hydrogen (secondary N) is 2. The molecule has 2 aromatic carbocycles. The first-order valence-electron chi connectivity index (χ1n) is 10.1. The number of carbonyl (C=O) groups excluding carboxylic acids is 1. The molecule has 9 nitrogen and oxygen atoms in total. The van der Waals surface area contributed by atoms with Gasteiger partial charge in [-0.2, -0.15) is 5.21 Å². The number of amides is 1. The lowest BCUT2D eigenvalue weighted by atomic mass is 10.2. The quantitative estimate of drug-likeness (QED) is 0.421. The molecule has 1 unspecified atom stereocenters. The number of para-hydroxylation sites is 1. The molecule has 1 aliphatic heterocycles. The Hall–Kier alpha value is -3.88. The number of ether oxygens (including phenoxy) is 3. The molecule has 0 saturated carbocycles. The van der Waals surface area contributed by atoms with Crippen LogP contribution >= 0.6 is 0 Å².